The van der Waals surface area contributed by atoms with E-state index in [1.807, 2.05) is 24.0 Å². The van der Waals surface area contributed by atoms with Crippen LogP contribution in [0.1, 0.15) is 25.5 Å². The first kappa shape index (κ1) is 9.26. The zero-order valence-electron chi connectivity index (χ0n) is 7.88. The van der Waals surface area contributed by atoms with Gasteiger partial charge in [-0.15, -0.1) is 0 Å². The van der Waals surface area contributed by atoms with Crippen LogP contribution in [0.15, 0.2) is 12.3 Å². The molecule has 1 N–H and O–H groups in total. The number of rotatable bonds is 5. The lowest BCUT2D eigenvalue weighted by Gasteiger charge is -2.03. The fraction of sp³-hybridized carbons (Fsp3) is 0.667. The lowest BCUT2D eigenvalue weighted by molar-refractivity contribution is 0.602. The summed E-state index contributed by atoms with van der Waals surface area (Å²) in [4.78, 5) is 0. The number of nitrogens with zero attached hydrogens (tertiary/aromatic N) is 2. The van der Waals surface area contributed by atoms with Crippen molar-refractivity contribution in [2.75, 3.05) is 6.54 Å². The summed E-state index contributed by atoms with van der Waals surface area (Å²) in [6.45, 7) is 4.23. The van der Waals surface area contributed by atoms with Gasteiger partial charge in [-0.3, -0.25) is 4.68 Å². The van der Waals surface area contributed by atoms with Gasteiger partial charge in [0.25, 0.3) is 0 Å². The van der Waals surface area contributed by atoms with Gasteiger partial charge in [-0.25, -0.2) is 0 Å². The lowest BCUT2D eigenvalue weighted by atomic mass is 10.3. The van der Waals surface area contributed by atoms with Crippen molar-refractivity contribution >= 4 is 0 Å². The fourth-order valence-corrected chi connectivity index (χ4v) is 1.09. The van der Waals surface area contributed by atoms with Crippen LogP contribution >= 0.6 is 0 Å². The van der Waals surface area contributed by atoms with E-state index in [0.29, 0.717) is 0 Å². The Labute approximate surface area is 73.8 Å². The maximum atomic E-state index is 4.09. The van der Waals surface area contributed by atoms with E-state index in [2.05, 4.69) is 17.3 Å². The molecule has 0 amide bonds. The molecule has 0 saturated carbocycles. The van der Waals surface area contributed by atoms with Crippen molar-refractivity contribution in [1.82, 2.24) is 15.1 Å². The average Bonchev–Trinajstić information content (AvgIpc) is 2.46. The van der Waals surface area contributed by atoms with Gasteiger partial charge in [0.2, 0.25) is 0 Å². The number of unbranched alkanes of at least 4 members (excludes halogenated alkanes) is 1. The second kappa shape index (κ2) is 4.93. The van der Waals surface area contributed by atoms with E-state index in [1.54, 1.807) is 0 Å². The summed E-state index contributed by atoms with van der Waals surface area (Å²) in [6.07, 6.45) is 4.33. The third kappa shape index (κ3) is 2.66. The Morgan fingerprint density at radius 1 is 1.58 bits per heavy atom. The molecule has 68 valence electrons. The number of nitrogens with one attached hydrogen (secondary N) is 1. The predicted octanol–water partition coefficient (Wildman–Crippen LogP) is 1.31. The van der Waals surface area contributed by atoms with Crippen LogP contribution in [0.25, 0.3) is 0 Å². The molecule has 1 rings (SSSR count). The van der Waals surface area contributed by atoms with Gasteiger partial charge >= 0.3 is 0 Å². The summed E-state index contributed by atoms with van der Waals surface area (Å²) in [6, 6.07) is 2.04. The highest BCUT2D eigenvalue weighted by molar-refractivity contribution is 4.98. The molecule has 0 aliphatic rings. The molecule has 0 aliphatic heterocycles. The van der Waals surface area contributed by atoms with Crippen molar-refractivity contribution in [1.29, 1.82) is 0 Å². The number of hydrogen-bond acceptors (Lipinski definition) is 2. The largest absolute Gasteiger partial charge is 0.311 e. The van der Waals surface area contributed by atoms with Crippen molar-refractivity contribution < 1.29 is 0 Å². The third-order valence-electron chi connectivity index (χ3n) is 1.94. The Hall–Kier alpha value is -0.830. The number of aryl methyl sites for hydroxylation is 1. The minimum absolute atomic E-state index is 0.927. The SMILES string of the molecule is CCCCNCc1ccnn1C. The highest BCUT2D eigenvalue weighted by Gasteiger charge is 1.95. The molecule has 1 aromatic rings. The molecule has 0 spiro atoms. The van der Waals surface area contributed by atoms with Crippen molar-refractivity contribution in [3.63, 3.8) is 0 Å². The standard InChI is InChI=1S/C9H17N3/c1-3-4-6-10-8-9-5-7-11-12(9)2/h5,7,10H,3-4,6,8H2,1-2H3. The van der Waals surface area contributed by atoms with Crippen molar-refractivity contribution in [3.05, 3.63) is 18.0 Å². The van der Waals surface area contributed by atoms with Crippen LogP contribution in [0.3, 0.4) is 0 Å². The van der Waals surface area contributed by atoms with E-state index in [1.165, 1.54) is 18.5 Å². The molecule has 1 aromatic heterocycles. The van der Waals surface area contributed by atoms with Gasteiger partial charge < -0.3 is 5.32 Å². The van der Waals surface area contributed by atoms with Crippen LogP contribution in [0.2, 0.25) is 0 Å². The average molecular weight is 167 g/mol. The predicted molar refractivity (Wildman–Crippen MR) is 49.8 cm³/mol. The van der Waals surface area contributed by atoms with Crippen LogP contribution in [-0.2, 0) is 13.6 Å². The molecule has 0 atom stereocenters. The summed E-state index contributed by atoms with van der Waals surface area (Å²) in [5.41, 5.74) is 1.24. The molecule has 0 bridgehead atoms. The molecule has 1 heterocycles. The smallest absolute Gasteiger partial charge is 0.0518 e. The van der Waals surface area contributed by atoms with Gasteiger partial charge in [0.05, 0.1) is 5.69 Å². The van der Waals surface area contributed by atoms with Crippen molar-refractivity contribution in [3.8, 4) is 0 Å². The Bertz CT molecular complexity index is 217. The molecular weight excluding hydrogens is 150 g/mol. The van der Waals surface area contributed by atoms with Crippen LogP contribution in [0, 0.1) is 0 Å². The van der Waals surface area contributed by atoms with Gasteiger partial charge in [0.1, 0.15) is 0 Å². The summed E-state index contributed by atoms with van der Waals surface area (Å²) >= 11 is 0. The molecular formula is C9H17N3. The molecule has 0 radical (unpaired) electrons. The number of aromatic nitrogens is 2. The number of hydrogen-bond donors (Lipinski definition) is 1. The fourth-order valence-electron chi connectivity index (χ4n) is 1.09. The first-order valence-corrected chi connectivity index (χ1v) is 4.52. The van der Waals surface area contributed by atoms with E-state index in [-0.39, 0.29) is 0 Å². The van der Waals surface area contributed by atoms with Crippen molar-refractivity contribution in [2.45, 2.75) is 26.3 Å². The molecule has 0 aliphatic carbocycles. The Morgan fingerprint density at radius 2 is 2.42 bits per heavy atom. The Kier molecular flexibility index (Phi) is 3.80. The molecule has 0 saturated heterocycles. The first-order valence-electron chi connectivity index (χ1n) is 4.52. The minimum atomic E-state index is 0.927. The zero-order chi connectivity index (χ0) is 8.81. The van der Waals surface area contributed by atoms with Gasteiger partial charge in [-0.2, -0.15) is 5.10 Å². The maximum absolute atomic E-state index is 4.09. The molecule has 0 fully saturated rings. The lowest BCUT2D eigenvalue weighted by Crippen LogP contribution is -2.16. The highest BCUT2D eigenvalue weighted by Crippen LogP contribution is 1.94. The molecule has 0 aromatic carbocycles. The van der Waals surface area contributed by atoms with E-state index in [4.69, 9.17) is 0 Å². The second-order valence-corrected chi connectivity index (χ2v) is 2.98. The van der Waals surface area contributed by atoms with E-state index >= 15 is 0 Å². The van der Waals surface area contributed by atoms with Gasteiger partial charge in [0.15, 0.2) is 0 Å². The van der Waals surface area contributed by atoms with Gasteiger partial charge in [-0.05, 0) is 19.0 Å². The summed E-state index contributed by atoms with van der Waals surface area (Å²) in [7, 11) is 1.97. The van der Waals surface area contributed by atoms with Crippen LogP contribution < -0.4 is 5.32 Å². The van der Waals surface area contributed by atoms with Crippen LogP contribution in [-0.4, -0.2) is 16.3 Å². The Balaban J connectivity index is 2.20. The van der Waals surface area contributed by atoms with Gasteiger partial charge in [-0.1, -0.05) is 13.3 Å². The summed E-state index contributed by atoms with van der Waals surface area (Å²) in [5.74, 6) is 0. The van der Waals surface area contributed by atoms with E-state index in [0.717, 1.165) is 13.1 Å². The quantitative estimate of drug-likeness (QED) is 0.670. The van der Waals surface area contributed by atoms with Gasteiger partial charge in [0, 0.05) is 19.8 Å². The molecule has 3 nitrogen and oxygen atoms in total. The third-order valence-corrected chi connectivity index (χ3v) is 1.94. The van der Waals surface area contributed by atoms with E-state index < -0.39 is 0 Å². The normalized spacial score (nSPS) is 10.5. The maximum Gasteiger partial charge on any atom is 0.0518 e. The van der Waals surface area contributed by atoms with Crippen LogP contribution in [0.4, 0.5) is 0 Å². The van der Waals surface area contributed by atoms with Crippen LogP contribution in [0.5, 0.6) is 0 Å². The summed E-state index contributed by atoms with van der Waals surface area (Å²) < 4.78 is 1.90. The Morgan fingerprint density at radius 3 is 3.00 bits per heavy atom. The van der Waals surface area contributed by atoms with Crippen molar-refractivity contribution in [2.24, 2.45) is 7.05 Å². The van der Waals surface area contributed by atoms with E-state index in [9.17, 15) is 0 Å². The summed E-state index contributed by atoms with van der Waals surface area (Å²) in [5, 5.41) is 7.46. The molecule has 0 unspecified atom stereocenters. The highest BCUT2D eigenvalue weighted by atomic mass is 15.3. The first-order chi connectivity index (χ1) is 5.84. The molecule has 3 heteroatoms. The topological polar surface area (TPSA) is 29.9 Å². The monoisotopic (exact) mass is 167 g/mol. The minimum Gasteiger partial charge on any atom is -0.311 e. The molecule has 12 heavy (non-hydrogen) atoms. The zero-order valence-corrected chi connectivity index (χ0v) is 7.88. The second-order valence-electron chi connectivity index (χ2n) is 2.98.